The number of aliphatic hydroxyl groups excluding tert-OH is 1. The Labute approximate surface area is 137 Å². The highest BCUT2D eigenvalue weighted by Crippen LogP contribution is 2.37. The molecule has 3 aliphatic rings. The van der Waals surface area contributed by atoms with Crippen LogP contribution in [-0.4, -0.2) is 53.0 Å². The van der Waals surface area contributed by atoms with E-state index in [9.17, 15) is 19.5 Å². The van der Waals surface area contributed by atoms with Gasteiger partial charge in [-0.1, -0.05) is 0 Å². The molecule has 0 saturated carbocycles. The number of imide groups is 1. The first-order valence-electron chi connectivity index (χ1n) is 7.88. The fourth-order valence-corrected chi connectivity index (χ4v) is 3.38. The van der Waals surface area contributed by atoms with E-state index < -0.39 is 11.9 Å². The quantitative estimate of drug-likeness (QED) is 0.637. The summed E-state index contributed by atoms with van der Waals surface area (Å²) in [6.45, 7) is 0.602. The van der Waals surface area contributed by atoms with Gasteiger partial charge in [0.1, 0.15) is 18.4 Å². The normalized spacial score (nSPS) is 25.5. The first-order chi connectivity index (χ1) is 11.6. The van der Waals surface area contributed by atoms with Crippen LogP contribution in [0.15, 0.2) is 12.1 Å². The van der Waals surface area contributed by atoms with Crippen molar-refractivity contribution in [3.63, 3.8) is 0 Å². The molecule has 126 valence electrons. The minimum atomic E-state index is -0.626. The number of hydrogen-bond donors (Lipinski definition) is 3. The Morgan fingerprint density at radius 2 is 2.12 bits per heavy atom. The van der Waals surface area contributed by atoms with Crippen LogP contribution in [0.5, 0.6) is 5.75 Å². The van der Waals surface area contributed by atoms with Gasteiger partial charge in [-0.15, -0.1) is 0 Å². The van der Waals surface area contributed by atoms with E-state index in [0.29, 0.717) is 30.9 Å². The minimum Gasteiger partial charge on any atom is -0.489 e. The zero-order chi connectivity index (χ0) is 16.8. The van der Waals surface area contributed by atoms with Crippen molar-refractivity contribution in [2.75, 3.05) is 18.5 Å². The molecule has 0 radical (unpaired) electrons. The van der Waals surface area contributed by atoms with Gasteiger partial charge in [-0.25, -0.2) is 0 Å². The Kier molecular flexibility index (Phi) is 3.42. The van der Waals surface area contributed by atoms with Gasteiger partial charge in [-0.3, -0.25) is 19.7 Å². The number of amides is 3. The summed E-state index contributed by atoms with van der Waals surface area (Å²) in [7, 11) is 0. The third kappa shape index (κ3) is 2.30. The van der Waals surface area contributed by atoms with E-state index in [0.717, 1.165) is 11.3 Å². The van der Waals surface area contributed by atoms with Crippen LogP contribution in [0.1, 0.15) is 28.8 Å². The predicted molar refractivity (Wildman–Crippen MR) is 82.5 cm³/mol. The van der Waals surface area contributed by atoms with Crippen LogP contribution in [0, 0.1) is 0 Å². The Morgan fingerprint density at radius 1 is 1.29 bits per heavy atom. The molecule has 3 heterocycles. The molecular weight excluding hydrogens is 314 g/mol. The average Bonchev–Trinajstić information content (AvgIpc) is 2.88. The van der Waals surface area contributed by atoms with E-state index in [2.05, 4.69) is 10.6 Å². The number of piperidine rings is 1. The lowest BCUT2D eigenvalue weighted by atomic mass is 10.0. The van der Waals surface area contributed by atoms with E-state index in [1.165, 1.54) is 4.90 Å². The fraction of sp³-hybridized carbons (Fsp3) is 0.438. The second-order valence-corrected chi connectivity index (χ2v) is 6.24. The van der Waals surface area contributed by atoms with Crippen molar-refractivity contribution in [2.24, 2.45) is 0 Å². The molecule has 0 unspecified atom stereocenters. The highest BCUT2D eigenvalue weighted by Gasteiger charge is 2.40. The number of ether oxygens (including phenoxy) is 1. The van der Waals surface area contributed by atoms with Crippen molar-refractivity contribution in [2.45, 2.75) is 31.5 Å². The summed E-state index contributed by atoms with van der Waals surface area (Å²) in [5.41, 5.74) is 2.05. The van der Waals surface area contributed by atoms with Crippen molar-refractivity contribution < 1.29 is 24.2 Å². The third-order valence-electron chi connectivity index (χ3n) is 4.64. The minimum absolute atomic E-state index is 0.0438. The fourth-order valence-electron chi connectivity index (χ4n) is 3.38. The Hall–Kier alpha value is -2.61. The lowest BCUT2D eigenvalue weighted by Crippen LogP contribution is -2.52. The Bertz CT molecular complexity index is 747. The number of carbonyl (C=O) groups is 3. The van der Waals surface area contributed by atoms with Crippen molar-refractivity contribution in [1.82, 2.24) is 10.2 Å². The number of nitrogens with one attached hydrogen (secondary N) is 2. The second kappa shape index (κ2) is 5.48. The van der Waals surface area contributed by atoms with Crippen LogP contribution in [0.3, 0.4) is 0 Å². The maximum Gasteiger partial charge on any atom is 0.255 e. The van der Waals surface area contributed by atoms with Gasteiger partial charge < -0.3 is 20.1 Å². The number of benzene rings is 1. The summed E-state index contributed by atoms with van der Waals surface area (Å²) in [4.78, 5) is 37.5. The van der Waals surface area contributed by atoms with Gasteiger partial charge in [-0.05, 0) is 24.1 Å². The number of nitrogens with zero attached hydrogens (tertiary/aromatic N) is 1. The molecule has 0 bridgehead atoms. The van der Waals surface area contributed by atoms with E-state index >= 15 is 0 Å². The Balaban J connectivity index is 1.61. The number of fused-ring (bicyclic) bond motifs is 2. The highest BCUT2D eigenvalue weighted by atomic mass is 16.5. The summed E-state index contributed by atoms with van der Waals surface area (Å²) in [6.07, 6.45) is 0.571. The van der Waals surface area contributed by atoms with Gasteiger partial charge >= 0.3 is 0 Å². The largest absolute Gasteiger partial charge is 0.489 e. The number of anilines is 1. The van der Waals surface area contributed by atoms with Crippen molar-refractivity contribution in [1.29, 1.82) is 0 Å². The smallest absolute Gasteiger partial charge is 0.255 e. The van der Waals surface area contributed by atoms with Gasteiger partial charge in [0, 0.05) is 18.5 Å². The topological polar surface area (TPSA) is 108 Å². The van der Waals surface area contributed by atoms with Crippen LogP contribution in [0.4, 0.5) is 5.69 Å². The Morgan fingerprint density at radius 3 is 2.88 bits per heavy atom. The van der Waals surface area contributed by atoms with Crippen LogP contribution < -0.4 is 15.4 Å². The summed E-state index contributed by atoms with van der Waals surface area (Å²) in [5.74, 6) is -0.387. The summed E-state index contributed by atoms with van der Waals surface area (Å²) >= 11 is 0. The third-order valence-corrected chi connectivity index (χ3v) is 4.64. The molecule has 4 rings (SSSR count). The molecule has 0 spiro atoms. The van der Waals surface area contributed by atoms with E-state index in [1.807, 2.05) is 6.07 Å². The van der Waals surface area contributed by atoms with Crippen LogP contribution in [0.2, 0.25) is 0 Å². The van der Waals surface area contributed by atoms with Crippen molar-refractivity contribution in [3.8, 4) is 5.75 Å². The van der Waals surface area contributed by atoms with Crippen LogP contribution >= 0.6 is 0 Å². The summed E-state index contributed by atoms with van der Waals surface area (Å²) in [5, 5.41) is 14.7. The predicted octanol–water partition coefficient (Wildman–Crippen LogP) is -0.387. The number of rotatable bonds is 2. The van der Waals surface area contributed by atoms with E-state index in [1.54, 1.807) is 6.07 Å². The molecule has 1 aromatic rings. The van der Waals surface area contributed by atoms with Crippen LogP contribution in [0.25, 0.3) is 0 Å². The number of hydrogen-bond acceptors (Lipinski definition) is 6. The molecule has 0 aliphatic carbocycles. The molecule has 2 atom stereocenters. The monoisotopic (exact) mass is 331 g/mol. The lowest BCUT2D eigenvalue weighted by molar-refractivity contribution is -0.136. The summed E-state index contributed by atoms with van der Waals surface area (Å²) < 4.78 is 5.60. The van der Waals surface area contributed by atoms with Gasteiger partial charge in [0.25, 0.3) is 5.91 Å². The van der Waals surface area contributed by atoms with Gasteiger partial charge in [-0.2, -0.15) is 0 Å². The summed E-state index contributed by atoms with van der Waals surface area (Å²) in [6, 6.07) is 2.70. The first-order valence-corrected chi connectivity index (χ1v) is 7.88. The molecule has 3 N–H and O–H groups in total. The highest BCUT2D eigenvalue weighted by molar-refractivity contribution is 6.05. The maximum absolute atomic E-state index is 12.7. The molecular formula is C16H17N3O5. The van der Waals surface area contributed by atoms with Crippen molar-refractivity contribution in [3.05, 3.63) is 23.3 Å². The van der Waals surface area contributed by atoms with Gasteiger partial charge in [0.05, 0.1) is 18.3 Å². The maximum atomic E-state index is 12.7. The number of aliphatic hydroxyl groups is 1. The molecule has 1 fully saturated rings. The molecule has 24 heavy (non-hydrogen) atoms. The van der Waals surface area contributed by atoms with Crippen molar-refractivity contribution >= 4 is 23.4 Å². The van der Waals surface area contributed by atoms with E-state index in [4.69, 9.17) is 4.74 Å². The zero-order valence-corrected chi connectivity index (χ0v) is 12.9. The lowest BCUT2D eigenvalue weighted by Gasteiger charge is -2.29. The number of carbonyl (C=O) groups excluding carboxylic acids is 3. The van der Waals surface area contributed by atoms with E-state index in [-0.39, 0.29) is 30.9 Å². The standard InChI is InChI=1S/C16H17N3O5/c20-6-9-7-24-13-4-10-8(3-11(13)17-9)5-19(16(10)23)12-1-2-14(21)18-15(12)22/h3-4,9,12,17,20H,1-2,5-7H2,(H,18,21,22)/t9-,12-/m0/s1. The van der Waals surface area contributed by atoms with Gasteiger partial charge in [0.15, 0.2) is 0 Å². The molecule has 3 amide bonds. The van der Waals surface area contributed by atoms with Crippen LogP contribution in [-0.2, 0) is 16.1 Å². The molecule has 3 aliphatic heterocycles. The zero-order valence-electron chi connectivity index (χ0n) is 12.9. The van der Waals surface area contributed by atoms with Gasteiger partial charge in [0.2, 0.25) is 11.8 Å². The SMILES string of the molecule is O=C1CC[C@H](N2Cc3cc4c(cc3C2=O)OC[C@H](CO)N4)C(=O)N1. The first kappa shape index (κ1) is 14.9. The average molecular weight is 331 g/mol. The molecule has 8 heteroatoms. The molecule has 1 aromatic carbocycles. The molecule has 0 aromatic heterocycles. The molecule has 8 nitrogen and oxygen atoms in total. The molecule has 1 saturated heterocycles. The second-order valence-electron chi connectivity index (χ2n) is 6.24.